The quantitative estimate of drug-likeness (QED) is 0.721. The molecule has 0 amide bonds. The highest BCUT2D eigenvalue weighted by Gasteiger charge is 2.07. The van der Waals surface area contributed by atoms with Gasteiger partial charge in [-0.05, 0) is 0 Å². The Morgan fingerprint density at radius 3 is 2.88 bits per heavy atom. The zero-order valence-corrected chi connectivity index (χ0v) is 9.01. The molecule has 8 nitrogen and oxygen atoms in total. The van der Waals surface area contributed by atoms with Crippen LogP contribution in [-0.2, 0) is 13.0 Å². The maximum absolute atomic E-state index is 11.4. The highest BCUT2D eigenvalue weighted by molar-refractivity contribution is 5.06. The van der Waals surface area contributed by atoms with Crippen molar-refractivity contribution in [3.8, 4) is 5.88 Å². The third-order valence-corrected chi connectivity index (χ3v) is 2.14. The third kappa shape index (κ3) is 2.41. The average Bonchev–Trinajstić information content (AvgIpc) is 2.62. The fraction of sp³-hybridized carbons (Fsp3) is 0.333. The van der Waals surface area contributed by atoms with Crippen molar-refractivity contribution in [1.29, 1.82) is 0 Å². The van der Waals surface area contributed by atoms with E-state index in [4.69, 9.17) is 4.52 Å². The Balaban J connectivity index is 2.20. The summed E-state index contributed by atoms with van der Waals surface area (Å²) in [4.78, 5) is 28.2. The molecule has 0 radical (unpaired) electrons. The number of hydrogen-bond acceptors (Lipinski definition) is 6. The van der Waals surface area contributed by atoms with Crippen molar-refractivity contribution < 1.29 is 9.63 Å². The number of aromatic hydroxyl groups is 1. The number of nitrogens with one attached hydrogen (secondary N) is 1. The second kappa shape index (κ2) is 4.24. The lowest BCUT2D eigenvalue weighted by Gasteiger charge is -2.04. The van der Waals surface area contributed by atoms with Gasteiger partial charge in [0, 0.05) is 19.9 Å². The molecule has 2 aromatic heterocycles. The van der Waals surface area contributed by atoms with Crippen LogP contribution in [0.5, 0.6) is 5.88 Å². The zero-order valence-electron chi connectivity index (χ0n) is 9.01. The Kier molecular flexibility index (Phi) is 2.77. The zero-order chi connectivity index (χ0) is 12.4. The SMILES string of the molecule is Cc1nc(CCn2c(O)cc(=O)[nH]c2=O)no1. The van der Waals surface area contributed by atoms with Gasteiger partial charge in [0.05, 0.1) is 6.07 Å². The molecule has 0 unspecified atom stereocenters. The van der Waals surface area contributed by atoms with Crippen LogP contribution >= 0.6 is 0 Å². The number of aromatic nitrogens is 4. The topological polar surface area (TPSA) is 114 Å². The first-order valence-corrected chi connectivity index (χ1v) is 4.88. The molecule has 0 aliphatic heterocycles. The minimum absolute atomic E-state index is 0.153. The molecule has 0 fully saturated rings. The van der Waals surface area contributed by atoms with Gasteiger partial charge in [-0.15, -0.1) is 0 Å². The van der Waals surface area contributed by atoms with Crippen molar-refractivity contribution in [2.45, 2.75) is 19.9 Å². The smallest absolute Gasteiger partial charge is 0.331 e. The predicted octanol–water partition coefficient (Wildman–Crippen LogP) is -0.824. The minimum atomic E-state index is -0.671. The summed E-state index contributed by atoms with van der Waals surface area (Å²) in [6.07, 6.45) is 0.316. The Hall–Kier alpha value is -2.38. The van der Waals surface area contributed by atoms with Crippen LogP contribution < -0.4 is 11.2 Å². The van der Waals surface area contributed by atoms with Gasteiger partial charge in [-0.25, -0.2) is 4.79 Å². The molecule has 0 aliphatic carbocycles. The summed E-state index contributed by atoms with van der Waals surface area (Å²) in [6, 6.07) is 0.933. The van der Waals surface area contributed by atoms with Gasteiger partial charge in [-0.1, -0.05) is 5.16 Å². The van der Waals surface area contributed by atoms with Crippen LogP contribution in [0.15, 0.2) is 20.2 Å². The van der Waals surface area contributed by atoms with Gasteiger partial charge in [0.1, 0.15) is 0 Å². The van der Waals surface area contributed by atoms with Crippen molar-refractivity contribution in [1.82, 2.24) is 19.7 Å². The van der Waals surface area contributed by atoms with E-state index in [0.29, 0.717) is 18.1 Å². The highest BCUT2D eigenvalue weighted by Crippen LogP contribution is 2.03. The first-order chi connectivity index (χ1) is 8.06. The van der Waals surface area contributed by atoms with Crippen LogP contribution in [0.3, 0.4) is 0 Å². The minimum Gasteiger partial charge on any atom is -0.494 e. The fourth-order valence-electron chi connectivity index (χ4n) is 1.38. The normalized spacial score (nSPS) is 10.6. The molecule has 0 aromatic carbocycles. The predicted molar refractivity (Wildman–Crippen MR) is 55.7 cm³/mol. The second-order valence-electron chi connectivity index (χ2n) is 3.43. The summed E-state index contributed by atoms with van der Waals surface area (Å²) in [5.41, 5.74) is -1.31. The summed E-state index contributed by atoms with van der Waals surface area (Å²) in [5, 5.41) is 13.1. The molecule has 17 heavy (non-hydrogen) atoms. The van der Waals surface area contributed by atoms with Gasteiger partial charge in [0.2, 0.25) is 11.8 Å². The van der Waals surface area contributed by atoms with Gasteiger partial charge in [-0.3, -0.25) is 14.3 Å². The van der Waals surface area contributed by atoms with E-state index in [-0.39, 0.29) is 12.4 Å². The molecule has 0 saturated carbocycles. The lowest BCUT2D eigenvalue weighted by Crippen LogP contribution is -2.29. The van der Waals surface area contributed by atoms with Crippen molar-refractivity contribution >= 4 is 0 Å². The van der Waals surface area contributed by atoms with E-state index in [1.807, 2.05) is 4.98 Å². The lowest BCUT2D eigenvalue weighted by molar-refractivity contribution is 0.380. The van der Waals surface area contributed by atoms with Gasteiger partial charge >= 0.3 is 5.69 Å². The van der Waals surface area contributed by atoms with Crippen molar-refractivity contribution in [3.63, 3.8) is 0 Å². The first-order valence-electron chi connectivity index (χ1n) is 4.88. The average molecular weight is 238 g/mol. The molecule has 0 aliphatic rings. The van der Waals surface area contributed by atoms with E-state index in [0.717, 1.165) is 10.6 Å². The summed E-state index contributed by atoms with van der Waals surface area (Å²) < 4.78 is 5.78. The van der Waals surface area contributed by atoms with E-state index in [9.17, 15) is 14.7 Å². The monoisotopic (exact) mass is 238 g/mol. The summed E-state index contributed by atoms with van der Waals surface area (Å²) >= 11 is 0. The van der Waals surface area contributed by atoms with Crippen molar-refractivity contribution in [2.24, 2.45) is 0 Å². The van der Waals surface area contributed by atoms with Gasteiger partial charge < -0.3 is 9.63 Å². The van der Waals surface area contributed by atoms with Crippen LogP contribution in [0.1, 0.15) is 11.7 Å². The molecule has 0 spiro atoms. The number of aryl methyl sites for hydroxylation is 2. The number of nitrogens with zero attached hydrogens (tertiary/aromatic N) is 3. The standard InChI is InChI=1S/C9H10N4O4/c1-5-10-6(12-17-5)2-3-13-8(15)4-7(14)11-9(13)16/h4,15H,2-3H2,1H3,(H,11,14,16). The maximum atomic E-state index is 11.4. The molecule has 2 N–H and O–H groups in total. The number of hydrogen-bond donors (Lipinski definition) is 2. The van der Waals surface area contributed by atoms with Crippen LogP contribution in [0.25, 0.3) is 0 Å². The highest BCUT2D eigenvalue weighted by atomic mass is 16.5. The first kappa shape index (κ1) is 11.1. The maximum Gasteiger partial charge on any atom is 0.331 e. The summed E-state index contributed by atoms with van der Waals surface area (Å²) in [5.74, 6) is 0.469. The molecule has 2 rings (SSSR count). The molecule has 0 bridgehead atoms. The Morgan fingerprint density at radius 1 is 1.53 bits per heavy atom. The van der Waals surface area contributed by atoms with E-state index >= 15 is 0 Å². The Morgan fingerprint density at radius 2 is 2.29 bits per heavy atom. The molecule has 8 heteroatoms. The van der Waals surface area contributed by atoms with Gasteiger partial charge in [0.25, 0.3) is 5.56 Å². The molecular formula is C9H10N4O4. The van der Waals surface area contributed by atoms with Crippen LogP contribution in [0.4, 0.5) is 0 Å². The molecule has 0 atom stereocenters. The number of aromatic amines is 1. The third-order valence-electron chi connectivity index (χ3n) is 2.14. The van der Waals surface area contributed by atoms with E-state index in [2.05, 4.69) is 10.1 Å². The second-order valence-corrected chi connectivity index (χ2v) is 3.43. The van der Waals surface area contributed by atoms with Crippen LogP contribution in [-0.4, -0.2) is 24.8 Å². The van der Waals surface area contributed by atoms with E-state index in [1.165, 1.54) is 0 Å². The number of H-pyrrole nitrogens is 1. The molecular weight excluding hydrogens is 228 g/mol. The van der Waals surface area contributed by atoms with Gasteiger partial charge in [0.15, 0.2) is 5.82 Å². The van der Waals surface area contributed by atoms with E-state index < -0.39 is 11.2 Å². The summed E-state index contributed by atoms with van der Waals surface area (Å²) in [7, 11) is 0. The van der Waals surface area contributed by atoms with Crippen molar-refractivity contribution in [2.75, 3.05) is 0 Å². The molecule has 0 saturated heterocycles. The lowest BCUT2D eigenvalue weighted by atomic mass is 10.4. The summed E-state index contributed by atoms with van der Waals surface area (Å²) in [6.45, 7) is 1.81. The van der Waals surface area contributed by atoms with Crippen LogP contribution in [0, 0.1) is 6.92 Å². The largest absolute Gasteiger partial charge is 0.494 e. The fourth-order valence-corrected chi connectivity index (χ4v) is 1.38. The molecule has 2 aromatic rings. The van der Waals surface area contributed by atoms with E-state index in [1.54, 1.807) is 6.92 Å². The molecule has 2 heterocycles. The van der Waals surface area contributed by atoms with Gasteiger partial charge in [-0.2, -0.15) is 4.98 Å². The Bertz CT molecular complexity index is 639. The van der Waals surface area contributed by atoms with Crippen LogP contribution in [0.2, 0.25) is 0 Å². The molecule has 90 valence electrons. The Labute approximate surface area is 94.5 Å². The number of rotatable bonds is 3. The van der Waals surface area contributed by atoms with Crippen molar-refractivity contribution in [3.05, 3.63) is 38.6 Å².